The summed E-state index contributed by atoms with van der Waals surface area (Å²) in [5, 5.41) is 19.6. The summed E-state index contributed by atoms with van der Waals surface area (Å²) in [6.45, 7) is 17.9. The van der Waals surface area contributed by atoms with Gasteiger partial charge in [-0.15, -0.1) is 0 Å². The molecule has 4 N–H and O–H groups in total. The molecule has 1 aliphatic carbocycles. The molecule has 2 atom stereocenters. The van der Waals surface area contributed by atoms with E-state index in [2.05, 4.69) is 39.7 Å². The molecule has 69 heavy (non-hydrogen) atoms. The number of carboxylic acid groups (broad SMARTS) is 1. The highest BCUT2D eigenvalue weighted by Gasteiger charge is 2.39. The van der Waals surface area contributed by atoms with Crippen LogP contribution in [-0.4, -0.2) is 100 Å². The highest BCUT2D eigenvalue weighted by Crippen LogP contribution is 2.50. The van der Waals surface area contributed by atoms with Crippen LogP contribution in [0, 0.1) is 19.8 Å². The number of aliphatic imine (C=N–C) groups is 1. The number of hydrogen-bond donors (Lipinski definition) is 4. The summed E-state index contributed by atoms with van der Waals surface area (Å²) < 4.78 is 23.3. The van der Waals surface area contributed by atoms with Crippen molar-refractivity contribution in [3.63, 3.8) is 0 Å². The number of carboxylic acids is 1. The van der Waals surface area contributed by atoms with Gasteiger partial charge in [0.05, 0.1) is 57.5 Å². The van der Waals surface area contributed by atoms with E-state index in [1.165, 1.54) is 6.07 Å². The molecule has 1 heterocycles. The number of ether oxygens (including phenoxy) is 4. The van der Waals surface area contributed by atoms with Gasteiger partial charge < -0.3 is 44.9 Å². The third kappa shape index (κ3) is 13.7. The SMILES string of the molecule is C=Cc1ccccc1CN(C(=O)CCC(=O)NCCOCCOCCOCCNC(=O)c1ccc(C2c3cc(C)c(NCC)cc3OC3=CC(=NCC)C(C)=CC32)c(C(=O)O)c1)c1ccccc1C. The molecular formula is C55H65N5O9. The Kier molecular flexibility index (Phi) is 19.0. The summed E-state index contributed by atoms with van der Waals surface area (Å²) in [5.74, 6) is -1.25. The van der Waals surface area contributed by atoms with Crippen LogP contribution in [0.3, 0.4) is 0 Å². The van der Waals surface area contributed by atoms with Gasteiger partial charge in [0.15, 0.2) is 0 Å². The fraction of sp³-hybridized carbons (Fsp3) is 0.364. The highest BCUT2D eigenvalue weighted by atomic mass is 16.5. The van der Waals surface area contributed by atoms with Crippen molar-refractivity contribution >= 4 is 46.9 Å². The maximum Gasteiger partial charge on any atom is 0.336 e. The van der Waals surface area contributed by atoms with Gasteiger partial charge in [-0.05, 0) is 92.3 Å². The summed E-state index contributed by atoms with van der Waals surface area (Å²) in [5.41, 5.74) is 9.20. The van der Waals surface area contributed by atoms with Crippen LogP contribution in [0.15, 0.2) is 114 Å². The van der Waals surface area contributed by atoms with Gasteiger partial charge in [-0.3, -0.25) is 19.4 Å². The molecule has 1 aliphatic heterocycles. The van der Waals surface area contributed by atoms with Gasteiger partial charge in [0.1, 0.15) is 11.5 Å². The second-order valence-electron chi connectivity index (χ2n) is 16.8. The molecule has 0 saturated carbocycles. The largest absolute Gasteiger partial charge is 0.478 e. The number of amides is 3. The van der Waals surface area contributed by atoms with Crippen LogP contribution in [0.1, 0.15) is 93.6 Å². The van der Waals surface area contributed by atoms with Crippen molar-refractivity contribution in [2.45, 2.75) is 59.9 Å². The molecule has 0 saturated heterocycles. The first kappa shape index (κ1) is 51.5. The van der Waals surface area contributed by atoms with E-state index in [0.717, 1.165) is 57.0 Å². The molecule has 2 aliphatic rings. The summed E-state index contributed by atoms with van der Waals surface area (Å²) in [4.78, 5) is 58.6. The van der Waals surface area contributed by atoms with Gasteiger partial charge in [0.25, 0.3) is 5.91 Å². The van der Waals surface area contributed by atoms with Crippen LogP contribution in [0.2, 0.25) is 0 Å². The van der Waals surface area contributed by atoms with Crippen molar-refractivity contribution in [3.8, 4) is 5.75 Å². The number of aryl methyl sites for hydroxylation is 2. The van der Waals surface area contributed by atoms with Crippen LogP contribution in [-0.2, 0) is 30.3 Å². The standard InChI is InChI=1S/C55H65N5O9/c1-7-39-15-11-12-16-41(39)35-60(48-17-13-10-14-36(48)4)52(62)21-20-51(61)58-22-24-66-26-28-68-29-27-67-25-23-59-54(63)40-18-19-42(43(32-40)55(64)65)53-44-30-37(5)46(56-8-2)33-49(44)69-50-34-47(57-9-3)38(6)31-45(50)53/h7,10-19,30-34,44,53,57H,1,8-9,20-29,35H2,2-6H3,(H,58,61)(H,59,63)(H,64,65). The predicted octanol–water partition coefficient (Wildman–Crippen LogP) is 8.43. The Morgan fingerprint density at radius 2 is 1.51 bits per heavy atom. The van der Waals surface area contributed by atoms with Crippen molar-refractivity contribution in [1.29, 1.82) is 0 Å². The minimum absolute atomic E-state index is 0.0435. The minimum Gasteiger partial charge on any atom is -0.478 e. The van der Waals surface area contributed by atoms with Gasteiger partial charge in [-0.1, -0.05) is 67.3 Å². The highest BCUT2D eigenvalue weighted by molar-refractivity contribution is 6.09. The average molecular weight is 940 g/mol. The topological polar surface area (TPSA) is 177 Å². The third-order valence-electron chi connectivity index (χ3n) is 12.0. The lowest BCUT2D eigenvalue weighted by molar-refractivity contribution is -0.125. The molecule has 6 rings (SSSR count). The van der Waals surface area contributed by atoms with Gasteiger partial charge in [0.2, 0.25) is 11.8 Å². The normalized spacial score (nSPS) is 15.5. The number of nitrogens with zero attached hydrogens (tertiary/aromatic N) is 2. The zero-order valence-electron chi connectivity index (χ0n) is 40.4. The average Bonchev–Trinajstić information content (AvgIpc) is 3.34. The zero-order chi connectivity index (χ0) is 49.3. The van der Waals surface area contributed by atoms with E-state index in [-0.39, 0.29) is 67.4 Å². The molecule has 0 aromatic heterocycles. The first-order chi connectivity index (χ1) is 33.4. The van der Waals surface area contributed by atoms with E-state index >= 15 is 0 Å². The summed E-state index contributed by atoms with van der Waals surface area (Å²) in [6.07, 6.45) is 5.93. The van der Waals surface area contributed by atoms with Gasteiger partial charge in [-0.25, -0.2) is 4.79 Å². The molecule has 364 valence electrons. The number of aromatic carboxylic acids is 1. The Hall–Kier alpha value is -6.87. The van der Waals surface area contributed by atoms with Crippen molar-refractivity contribution in [2.24, 2.45) is 10.9 Å². The maximum atomic E-state index is 13.5. The predicted molar refractivity (Wildman–Crippen MR) is 270 cm³/mol. The molecule has 3 amide bonds. The number of hydrogen-bond acceptors (Lipinski definition) is 10. The molecular weight excluding hydrogens is 875 g/mol. The van der Waals surface area contributed by atoms with E-state index in [1.807, 2.05) is 95.3 Å². The lowest BCUT2D eigenvalue weighted by Crippen LogP contribution is -2.33. The number of rotatable bonds is 25. The van der Waals surface area contributed by atoms with Crippen LogP contribution in [0.25, 0.3) is 6.08 Å². The molecule has 14 nitrogen and oxygen atoms in total. The fourth-order valence-corrected chi connectivity index (χ4v) is 8.55. The molecule has 0 radical (unpaired) electrons. The molecule has 4 aromatic carbocycles. The van der Waals surface area contributed by atoms with Crippen LogP contribution >= 0.6 is 0 Å². The van der Waals surface area contributed by atoms with Crippen LogP contribution in [0.5, 0.6) is 5.75 Å². The zero-order valence-corrected chi connectivity index (χ0v) is 40.4. The molecule has 2 unspecified atom stereocenters. The summed E-state index contributed by atoms with van der Waals surface area (Å²) in [6, 6.07) is 24.4. The lowest BCUT2D eigenvalue weighted by Gasteiger charge is -2.37. The first-order valence-corrected chi connectivity index (χ1v) is 23.7. The van der Waals surface area contributed by atoms with Crippen molar-refractivity contribution < 1.29 is 43.2 Å². The Labute approximate surface area is 405 Å². The van der Waals surface area contributed by atoms with E-state index in [1.54, 1.807) is 23.1 Å². The number of anilines is 2. The van der Waals surface area contributed by atoms with Crippen LogP contribution < -0.4 is 25.6 Å². The molecule has 14 heteroatoms. The van der Waals surface area contributed by atoms with Crippen molar-refractivity contribution in [1.82, 2.24) is 10.6 Å². The molecule has 0 fully saturated rings. The molecule has 0 bridgehead atoms. The van der Waals surface area contributed by atoms with Crippen molar-refractivity contribution in [3.05, 3.63) is 153 Å². The Morgan fingerprint density at radius 3 is 2.20 bits per heavy atom. The van der Waals surface area contributed by atoms with E-state index in [0.29, 0.717) is 63.1 Å². The quantitative estimate of drug-likeness (QED) is 0.0472. The number of nitrogens with one attached hydrogen (secondary N) is 3. The Balaban J connectivity index is 0.893. The first-order valence-electron chi connectivity index (χ1n) is 23.7. The molecule has 4 aromatic rings. The van der Waals surface area contributed by atoms with E-state index < -0.39 is 11.9 Å². The fourth-order valence-electron chi connectivity index (χ4n) is 8.55. The van der Waals surface area contributed by atoms with Gasteiger partial charge in [-0.2, -0.15) is 0 Å². The Morgan fingerprint density at radius 1 is 0.812 bits per heavy atom. The Bertz CT molecular complexity index is 2580. The number of benzene rings is 4. The van der Waals surface area contributed by atoms with Gasteiger partial charge in [0, 0.05) is 85.5 Å². The van der Waals surface area contributed by atoms with E-state index in [9.17, 15) is 24.3 Å². The summed E-state index contributed by atoms with van der Waals surface area (Å²) >= 11 is 0. The summed E-state index contributed by atoms with van der Waals surface area (Å²) in [7, 11) is 0. The lowest BCUT2D eigenvalue weighted by atomic mass is 9.73. The van der Waals surface area contributed by atoms with Crippen LogP contribution in [0.4, 0.5) is 11.4 Å². The maximum absolute atomic E-state index is 13.5. The number of carbonyl (C=O) groups excluding carboxylic acids is 3. The second-order valence-corrected chi connectivity index (χ2v) is 16.8. The number of para-hydroxylation sites is 1. The second kappa shape index (κ2) is 25.5. The smallest absolute Gasteiger partial charge is 0.336 e. The number of fused-ring (bicyclic) bond motifs is 2. The number of allylic oxidation sites excluding steroid dienone is 3. The third-order valence-corrected chi connectivity index (χ3v) is 12.0. The van der Waals surface area contributed by atoms with E-state index in [4.69, 9.17) is 18.9 Å². The number of carbonyl (C=O) groups is 4. The van der Waals surface area contributed by atoms with Crippen molar-refractivity contribution in [2.75, 3.05) is 76.0 Å². The monoisotopic (exact) mass is 939 g/mol. The van der Waals surface area contributed by atoms with Gasteiger partial charge >= 0.3 is 5.97 Å². The molecule has 0 spiro atoms. The minimum atomic E-state index is -1.13.